The van der Waals surface area contributed by atoms with E-state index in [1.54, 1.807) is 12.3 Å². The number of rotatable bonds is 7. The topological polar surface area (TPSA) is 71.1 Å². The van der Waals surface area contributed by atoms with Crippen LogP contribution >= 0.6 is 22.7 Å². The maximum atomic E-state index is 12.4. The summed E-state index contributed by atoms with van der Waals surface area (Å²) < 4.78 is 27.5. The van der Waals surface area contributed by atoms with E-state index in [1.165, 1.54) is 22.7 Å². The van der Waals surface area contributed by atoms with Crippen molar-refractivity contribution in [2.45, 2.75) is 31.2 Å². The lowest BCUT2D eigenvalue weighted by Gasteiger charge is -2.10. The van der Waals surface area contributed by atoms with Crippen molar-refractivity contribution < 1.29 is 8.42 Å². The van der Waals surface area contributed by atoms with Crippen LogP contribution < -0.4 is 10.0 Å². The van der Waals surface area contributed by atoms with Crippen molar-refractivity contribution >= 4 is 32.7 Å². The fraction of sp³-hybridized carbons (Fsp3) is 0.462. The Balaban J connectivity index is 2.08. The highest BCUT2D eigenvalue weighted by Gasteiger charge is 2.21. The van der Waals surface area contributed by atoms with E-state index in [0.29, 0.717) is 18.0 Å². The van der Waals surface area contributed by atoms with Gasteiger partial charge in [-0.15, -0.1) is 22.7 Å². The second kappa shape index (κ2) is 6.97. The summed E-state index contributed by atoms with van der Waals surface area (Å²) in [6, 6.07) is 1.74. The Morgan fingerprint density at radius 3 is 2.81 bits per heavy atom. The van der Waals surface area contributed by atoms with E-state index < -0.39 is 10.0 Å². The maximum Gasteiger partial charge on any atom is 0.241 e. The van der Waals surface area contributed by atoms with E-state index in [9.17, 15) is 8.42 Å². The first-order valence-corrected chi connectivity index (χ1v) is 9.75. The fourth-order valence-electron chi connectivity index (χ4n) is 1.93. The molecule has 0 radical (unpaired) electrons. The van der Waals surface area contributed by atoms with Gasteiger partial charge in [-0.05, 0) is 20.0 Å². The summed E-state index contributed by atoms with van der Waals surface area (Å²) in [5.41, 5.74) is 0. The van der Waals surface area contributed by atoms with Crippen LogP contribution in [0.4, 0.5) is 0 Å². The quantitative estimate of drug-likeness (QED) is 0.808. The van der Waals surface area contributed by atoms with Crippen molar-refractivity contribution in [3.05, 3.63) is 32.4 Å². The molecule has 2 aromatic rings. The van der Waals surface area contributed by atoms with Gasteiger partial charge in [0.2, 0.25) is 10.0 Å². The van der Waals surface area contributed by atoms with Crippen LogP contribution in [-0.4, -0.2) is 27.0 Å². The number of thiazole rings is 1. The van der Waals surface area contributed by atoms with Crippen LogP contribution in [0.3, 0.4) is 0 Å². The van der Waals surface area contributed by atoms with Crippen LogP contribution in [0.25, 0.3) is 0 Å². The van der Waals surface area contributed by atoms with Crippen molar-refractivity contribution in [3.63, 3.8) is 0 Å². The summed E-state index contributed by atoms with van der Waals surface area (Å²) in [5, 5.41) is 5.87. The number of hydrogen-bond donors (Lipinski definition) is 2. The second-order valence-corrected chi connectivity index (χ2v) is 8.79. The first-order chi connectivity index (χ1) is 9.94. The lowest BCUT2D eigenvalue weighted by molar-refractivity contribution is 0.574. The van der Waals surface area contributed by atoms with Crippen LogP contribution in [0, 0.1) is 6.92 Å². The summed E-state index contributed by atoms with van der Waals surface area (Å²) in [7, 11) is -1.62. The molecule has 0 saturated carbocycles. The smallest absolute Gasteiger partial charge is 0.241 e. The third kappa shape index (κ3) is 4.10. The van der Waals surface area contributed by atoms with Gasteiger partial charge in [0.15, 0.2) is 0 Å². The SMILES string of the molecule is CNCc1cc(S(=O)(=O)NCC(C)c2nccs2)c(C)s1. The molecule has 0 aliphatic rings. The average Bonchev–Trinajstić information content (AvgIpc) is 3.06. The summed E-state index contributed by atoms with van der Waals surface area (Å²) in [5.74, 6) is 0.0653. The molecule has 116 valence electrons. The van der Waals surface area contributed by atoms with Crippen LogP contribution in [0.1, 0.15) is 27.6 Å². The van der Waals surface area contributed by atoms with Gasteiger partial charge in [-0.2, -0.15) is 0 Å². The van der Waals surface area contributed by atoms with Crippen LogP contribution in [0.5, 0.6) is 0 Å². The third-order valence-electron chi connectivity index (χ3n) is 3.02. The molecule has 0 aliphatic carbocycles. The van der Waals surface area contributed by atoms with Gasteiger partial charge in [0.1, 0.15) is 0 Å². The van der Waals surface area contributed by atoms with E-state index in [2.05, 4.69) is 15.0 Å². The molecule has 5 nitrogen and oxygen atoms in total. The number of aryl methyl sites for hydroxylation is 1. The molecule has 0 saturated heterocycles. The van der Waals surface area contributed by atoms with Crippen LogP contribution in [-0.2, 0) is 16.6 Å². The van der Waals surface area contributed by atoms with E-state index in [-0.39, 0.29) is 5.92 Å². The summed E-state index contributed by atoms with van der Waals surface area (Å²) in [6.07, 6.45) is 1.73. The zero-order valence-corrected chi connectivity index (χ0v) is 14.7. The minimum absolute atomic E-state index is 0.0653. The fourth-order valence-corrected chi connectivity index (χ4v) is 5.40. The predicted molar refractivity (Wildman–Crippen MR) is 87.5 cm³/mol. The molecule has 0 fully saturated rings. The molecular weight excluding hydrogens is 326 g/mol. The summed E-state index contributed by atoms with van der Waals surface area (Å²) in [6.45, 7) is 4.83. The Labute approximate surface area is 133 Å². The summed E-state index contributed by atoms with van der Waals surface area (Å²) in [4.78, 5) is 6.42. The number of aromatic nitrogens is 1. The van der Waals surface area contributed by atoms with E-state index in [4.69, 9.17) is 0 Å². The highest BCUT2D eigenvalue weighted by Crippen LogP contribution is 2.26. The number of nitrogens with one attached hydrogen (secondary N) is 2. The molecule has 0 aromatic carbocycles. The van der Waals surface area contributed by atoms with Gasteiger partial charge in [0.25, 0.3) is 0 Å². The van der Waals surface area contributed by atoms with Gasteiger partial charge in [-0.25, -0.2) is 18.1 Å². The van der Waals surface area contributed by atoms with Crippen molar-refractivity contribution in [3.8, 4) is 0 Å². The van der Waals surface area contributed by atoms with Crippen molar-refractivity contribution in [2.24, 2.45) is 0 Å². The zero-order chi connectivity index (χ0) is 15.5. The highest BCUT2D eigenvalue weighted by atomic mass is 32.2. The van der Waals surface area contributed by atoms with Gasteiger partial charge in [0, 0.05) is 40.3 Å². The lowest BCUT2D eigenvalue weighted by Crippen LogP contribution is -2.27. The number of nitrogens with zero attached hydrogens (tertiary/aromatic N) is 1. The Kier molecular flexibility index (Phi) is 5.50. The molecule has 21 heavy (non-hydrogen) atoms. The third-order valence-corrected chi connectivity index (χ3v) is 6.75. The zero-order valence-electron chi connectivity index (χ0n) is 12.2. The van der Waals surface area contributed by atoms with Crippen molar-refractivity contribution in [1.29, 1.82) is 0 Å². The van der Waals surface area contributed by atoms with Gasteiger partial charge in [-0.1, -0.05) is 6.92 Å². The lowest BCUT2D eigenvalue weighted by atomic mass is 10.2. The molecule has 2 heterocycles. The number of hydrogen-bond acceptors (Lipinski definition) is 6. The maximum absolute atomic E-state index is 12.4. The molecular formula is C13H19N3O2S3. The van der Waals surface area contributed by atoms with Crippen LogP contribution in [0.2, 0.25) is 0 Å². The number of thiophene rings is 1. The molecule has 0 bridgehead atoms. The van der Waals surface area contributed by atoms with Crippen molar-refractivity contribution in [2.75, 3.05) is 13.6 Å². The van der Waals surface area contributed by atoms with E-state index in [0.717, 1.165) is 14.8 Å². The molecule has 8 heteroatoms. The first kappa shape index (κ1) is 16.6. The standard InChI is InChI=1S/C13H19N3O2S3/c1-9(13-15-4-5-19-13)7-16-21(17,18)12-6-11(8-14-3)20-10(12)2/h4-6,9,14,16H,7-8H2,1-3H3. The van der Waals surface area contributed by atoms with Gasteiger partial charge < -0.3 is 5.32 Å². The molecule has 2 N–H and O–H groups in total. The van der Waals surface area contributed by atoms with Gasteiger partial charge in [0.05, 0.1) is 9.90 Å². The Morgan fingerprint density at radius 1 is 1.43 bits per heavy atom. The van der Waals surface area contributed by atoms with Crippen molar-refractivity contribution in [1.82, 2.24) is 15.0 Å². The average molecular weight is 346 g/mol. The molecule has 2 aromatic heterocycles. The molecule has 1 atom stereocenters. The van der Waals surface area contributed by atoms with E-state index in [1.807, 2.05) is 26.3 Å². The van der Waals surface area contributed by atoms with E-state index >= 15 is 0 Å². The predicted octanol–water partition coefficient (Wildman–Crippen LogP) is 2.31. The minimum Gasteiger partial charge on any atom is -0.315 e. The first-order valence-electron chi connectivity index (χ1n) is 6.57. The molecule has 0 amide bonds. The molecule has 2 rings (SSSR count). The molecule has 0 spiro atoms. The van der Waals surface area contributed by atoms with Gasteiger partial charge in [-0.3, -0.25) is 0 Å². The Bertz CT molecular complexity index is 678. The Hall–Kier alpha value is -0.800. The van der Waals surface area contributed by atoms with Gasteiger partial charge >= 0.3 is 0 Å². The monoisotopic (exact) mass is 345 g/mol. The largest absolute Gasteiger partial charge is 0.315 e. The number of sulfonamides is 1. The minimum atomic E-state index is -3.47. The summed E-state index contributed by atoms with van der Waals surface area (Å²) >= 11 is 3.05. The molecule has 1 unspecified atom stereocenters. The molecule has 0 aliphatic heterocycles. The highest BCUT2D eigenvalue weighted by molar-refractivity contribution is 7.89. The second-order valence-electron chi connectivity index (χ2n) is 4.79. The normalized spacial score (nSPS) is 13.5. The Morgan fingerprint density at radius 2 is 2.19 bits per heavy atom. The van der Waals surface area contributed by atoms with Crippen LogP contribution in [0.15, 0.2) is 22.5 Å².